The lowest BCUT2D eigenvalue weighted by Gasteiger charge is -2.23. The Morgan fingerprint density at radius 2 is 2.32 bits per heavy atom. The summed E-state index contributed by atoms with van der Waals surface area (Å²) in [5.74, 6) is 0.570. The van der Waals surface area contributed by atoms with Crippen molar-refractivity contribution in [3.05, 3.63) is 39.9 Å². The average Bonchev–Trinajstić information content (AvgIpc) is 2.78. The van der Waals surface area contributed by atoms with Crippen molar-refractivity contribution in [1.82, 2.24) is 4.90 Å². The molecule has 1 heterocycles. The average molecular weight is 392 g/mol. The van der Waals surface area contributed by atoms with Gasteiger partial charge in [-0.05, 0) is 12.0 Å². The number of benzene rings is 1. The van der Waals surface area contributed by atoms with Crippen LogP contribution in [0.5, 0.6) is 0 Å². The van der Waals surface area contributed by atoms with Crippen LogP contribution < -0.4 is 0 Å². The second kappa shape index (κ2) is 6.56. The highest BCUT2D eigenvalue weighted by Crippen LogP contribution is 2.39. The first-order chi connectivity index (χ1) is 9.13. The predicted octanol–water partition coefficient (Wildman–Crippen LogP) is 2.99. The SMILES string of the molecule is O=C1CSC(c2cccc([N+](=O)[O-])c2)N1CCCI. The molecule has 0 radical (unpaired) electrons. The van der Waals surface area contributed by atoms with Gasteiger partial charge < -0.3 is 4.90 Å². The van der Waals surface area contributed by atoms with Gasteiger partial charge in [-0.3, -0.25) is 14.9 Å². The van der Waals surface area contributed by atoms with E-state index >= 15 is 0 Å². The maximum Gasteiger partial charge on any atom is 0.269 e. The molecule has 19 heavy (non-hydrogen) atoms. The summed E-state index contributed by atoms with van der Waals surface area (Å²) in [6.07, 6.45) is 0.943. The number of carbonyl (C=O) groups excluding carboxylic acids is 1. The number of hydrogen-bond donors (Lipinski definition) is 0. The highest BCUT2D eigenvalue weighted by atomic mass is 127. The van der Waals surface area contributed by atoms with Gasteiger partial charge in [-0.1, -0.05) is 34.7 Å². The van der Waals surface area contributed by atoms with Crippen LogP contribution in [0.1, 0.15) is 17.4 Å². The maximum absolute atomic E-state index is 11.9. The van der Waals surface area contributed by atoms with E-state index in [0.29, 0.717) is 12.3 Å². The quantitative estimate of drug-likeness (QED) is 0.335. The molecule has 1 aromatic carbocycles. The van der Waals surface area contributed by atoms with Gasteiger partial charge in [0.25, 0.3) is 5.69 Å². The molecule has 0 aliphatic carbocycles. The fourth-order valence-corrected chi connectivity index (χ4v) is 3.54. The number of amides is 1. The third-order valence-electron chi connectivity index (χ3n) is 2.87. The number of non-ortho nitro benzene ring substituents is 1. The van der Waals surface area contributed by atoms with E-state index in [4.69, 9.17) is 0 Å². The number of nitro benzene ring substituents is 1. The zero-order valence-corrected chi connectivity index (χ0v) is 13.1. The number of carbonyl (C=O) groups is 1. The summed E-state index contributed by atoms with van der Waals surface area (Å²) in [5, 5.41) is 10.7. The molecule has 0 spiro atoms. The third kappa shape index (κ3) is 3.38. The van der Waals surface area contributed by atoms with Gasteiger partial charge in [0, 0.05) is 23.1 Å². The number of alkyl halides is 1. The highest BCUT2D eigenvalue weighted by Gasteiger charge is 2.32. The Morgan fingerprint density at radius 1 is 1.53 bits per heavy atom. The largest absolute Gasteiger partial charge is 0.326 e. The van der Waals surface area contributed by atoms with E-state index in [0.717, 1.165) is 16.4 Å². The Labute approximate surface area is 129 Å². The fraction of sp³-hybridized carbons (Fsp3) is 0.417. The first-order valence-electron chi connectivity index (χ1n) is 5.85. The van der Waals surface area contributed by atoms with Gasteiger partial charge in [0.15, 0.2) is 0 Å². The maximum atomic E-state index is 11.9. The molecule has 2 rings (SSSR count). The van der Waals surface area contributed by atoms with Crippen molar-refractivity contribution in [1.29, 1.82) is 0 Å². The number of rotatable bonds is 5. The smallest absolute Gasteiger partial charge is 0.269 e. The molecule has 1 aliphatic heterocycles. The second-order valence-electron chi connectivity index (χ2n) is 4.15. The van der Waals surface area contributed by atoms with E-state index < -0.39 is 4.92 Å². The van der Waals surface area contributed by atoms with Crippen LogP contribution in [-0.2, 0) is 4.79 Å². The molecule has 0 bridgehead atoms. The van der Waals surface area contributed by atoms with Gasteiger partial charge in [0.1, 0.15) is 5.37 Å². The number of nitro groups is 1. The van der Waals surface area contributed by atoms with Gasteiger partial charge in [0.05, 0.1) is 10.7 Å². The van der Waals surface area contributed by atoms with Crippen molar-refractivity contribution >= 4 is 45.9 Å². The summed E-state index contributed by atoms with van der Waals surface area (Å²) in [7, 11) is 0. The Hall–Kier alpha value is -0.830. The van der Waals surface area contributed by atoms with Crippen LogP contribution >= 0.6 is 34.4 Å². The number of nitrogens with zero attached hydrogens (tertiary/aromatic N) is 2. The van der Waals surface area contributed by atoms with E-state index in [1.165, 1.54) is 17.8 Å². The standard InChI is InChI=1S/C12H13IN2O3S/c13-5-2-6-14-11(16)8-19-12(14)9-3-1-4-10(7-9)15(17)18/h1,3-4,7,12H,2,5-6,8H2. The van der Waals surface area contributed by atoms with E-state index in [2.05, 4.69) is 22.6 Å². The van der Waals surface area contributed by atoms with E-state index in [1.807, 2.05) is 11.0 Å². The monoisotopic (exact) mass is 392 g/mol. The zero-order chi connectivity index (χ0) is 13.8. The molecule has 1 unspecified atom stereocenters. The van der Waals surface area contributed by atoms with Crippen LogP contribution in [0, 0.1) is 10.1 Å². The summed E-state index contributed by atoms with van der Waals surface area (Å²) in [4.78, 5) is 24.1. The highest BCUT2D eigenvalue weighted by molar-refractivity contribution is 14.1. The number of thioether (sulfide) groups is 1. The number of halogens is 1. The molecule has 0 saturated carbocycles. The first kappa shape index (κ1) is 14.6. The van der Waals surface area contributed by atoms with E-state index in [9.17, 15) is 14.9 Å². The van der Waals surface area contributed by atoms with Gasteiger partial charge in [-0.2, -0.15) is 0 Å². The van der Waals surface area contributed by atoms with Crippen molar-refractivity contribution in [2.45, 2.75) is 11.8 Å². The van der Waals surface area contributed by atoms with Gasteiger partial charge in [0.2, 0.25) is 5.91 Å². The van der Waals surface area contributed by atoms with Gasteiger partial charge >= 0.3 is 0 Å². The Bertz CT molecular complexity index is 498. The molecular formula is C12H13IN2O3S. The molecule has 102 valence electrons. The van der Waals surface area contributed by atoms with Crippen LogP contribution in [0.3, 0.4) is 0 Å². The first-order valence-corrected chi connectivity index (χ1v) is 8.42. The molecule has 7 heteroatoms. The minimum absolute atomic E-state index is 0.0753. The van der Waals surface area contributed by atoms with Crippen LogP contribution in [-0.4, -0.2) is 32.5 Å². The minimum Gasteiger partial charge on any atom is -0.326 e. The third-order valence-corrected chi connectivity index (χ3v) is 4.89. The zero-order valence-electron chi connectivity index (χ0n) is 10.1. The summed E-state index contributed by atoms with van der Waals surface area (Å²) >= 11 is 3.82. The van der Waals surface area contributed by atoms with Crippen molar-refractivity contribution in [3.63, 3.8) is 0 Å². The van der Waals surface area contributed by atoms with Gasteiger partial charge in [-0.15, -0.1) is 11.8 Å². The van der Waals surface area contributed by atoms with E-state index in [-0.39, 0.29) is 17.0 Å². The van der Waals surface area contributed by atoms with Crippen molar-refractivity contribution in [3.8, 4) is 0 Å². The lowest BCUT2D eigenvalue weighted by Crippen LogP contribution is -2.29. The minimum atomic E-state index is -0.403. The lowest BCUT2D eigenvalue weighted by molar-refractivity contribution is -0.384. The van der Waals surface area contributed by atoms with Gasteiger partial charge in [-0.25, -0.2) is 0 Å². The van der Waals surface area contributed by atoms with Crippen LogP contribution in [0.4, 0.5) is 5.69 Å². The molecule has 1 amide bonds. The molecule has 1 atom stereocenters. The molecular weight excluding hydrogens is 379 g/mol. The normalized spacial score (nSPS) is 18.9. The summed E-state index contributed by atoms with van der Waals surface area (Å²) in [6.45, 7) is 0.710. The summed E-state index contributed by atoms with van der Waals surface area (Å²) < 4.78 is 0.994. The molecule has 5 nitrogen and oxygen atoms in total. The molecule has 0 aromatic heterocycles. The topological polar surface area (TPSA) is 63.4 Å². The summed E-state index contributed by atoms with van der Waals surface area (Å²) in [5.41, 5.74) is 0.907. The summed E-state index contributed by atoms with van der Waals surface area (Å²) in [6, 6.07) is 6.56. The molecule has 1 aliphatic rings. The molecule has 0 N–H and O–H groups in total. The second-order valence-corrected chi connectivity index (χ2v) is 6.29. The molecule has 1 saturated heterocycles. The van der Waals surface area contributed by atoms with Crippen LogP contribution in [0.2, 0.25) is 0 Å². The lowest BCUT2D eigenvalue weighted by atomic mass is 10.2. The Kier molecular flexibility index (Phi) is 5.03. The molecule has 1 aromatic rings. The fourth-order valence-electron chi connectivity index (χ4n) is 1.99. The van der Waals surface area contributed by atoms with E-state index in [1.54, 1.807) is 12.1 Å². The van der Waals surface area contributed by atoms with Crippen molar-refractivity contribution in [2.75, 3.05) is 16.7 Å². The molecule has 1 fully saturated rings. The van der Waals surface area contributed by atoms with Crippen LogP contribution in [0.25, 0.3) is 0 Å². The van der Waals surface area contributed by atoms with Crippen LogP contribution in [0.15, 0.2) is 24.3 Å². The Balaban J connectivity index is 2.22. The van der Waals surface area contributed by atoms with Crippen molar-refractivity contribution < 1.29 is 9.72 Å². The number of hydrogen-bond acceptors (Lipinski definition) is 4. The predicted molar refractivity (Wildman–Crippen MR) is 83.5 cm³/mol. The Morgan fingerprint density at radius 3 is 3.00 bits per heavy atom. The van der Waals surface area contributed by atoms with Crippen molar-refractivity contribution in [2.24, 2.45) is 0 Å².